The van der Waals surface area contributed by atoms with E-state index in [1.807, 2.05) is 0 Å². The molecule has 0 aliphatic carbocycles. The van der Waals surface area contributed by atoms with Gasteiger partial charge in [0.25, 0.3) is 0 Å². The molecule has 0 radical (unpaired) electrons. The van der Waals surface area contributed by atoms with Gasteiger partial charge < -0.3 is 33.2 Å². The summed E-state index contributed by atoms with van der Waals surface area (Å²) < 4.78 is 44.0. The van der Waals surface area contributed by atoms with Crippen molar-refractivity contribution >= 4 is 0 Å². The molecule has 0 aliphatic heterocycles. The van der Waals surface area contributed by atoms with Crippen molar-refractivity contribution in [2.24, 2.45) is 0 Å². The summed E-state index contributed by atoms with van der Waals surface area (Å²) in [5.41, 5.74) is 0. The van der Waals surface area contributed by atoms with Gasteiger partial charge in [0.2, 0.25) is 0 Å². The number of allylic oxidation sites excluding steroid dienone is 2. The molecule has 0 rings (SSSR count). The maximum atomic E-state index is 6.58. The molecule has 55 heavy (non-hydrogen) atoms. The summed E-state index contributed by atoms with van der Waals surface area (Å²) in [4.78, 5) is 0. The summed E-state index contributed by atoms with van der Waals surface area (Å²) in [5.74, 6) is 0. The second-order valence-electron chi connectivity index (χ2n) is 15.3. The Bertz CT molecular complexity index is 689. The third-order valence-electron chi connectivity index (χ3n) is 9.76. The van der Waals surface area contributed by atoms with Crippen LogP contribution in [0.15, 0.2) is 24.3 Å². The van der Waals surface area contributed by atoms with Gasteiger partial charge in [0.05, 0.1) is 13.2 Å². The molecule has 0 bridgehead atoms. The summed E-state index contributed by atoms with van der Waals surface area (Å²) in [7, 11) is 0. The van der Waals surface area contributed by atoms with Crippen molar-refractivity contribution in [2.45, 2.75) is 246 Å². The molecule has 0 N–H and O–H groups in total. The molecule has 7 heteroatoms. The van der Waals surface area contributed by atoms with Crippen LogP contribution in [0.3, 0.4) is 0 Å². The average Bonchev–Trinajstić information content (AvgIpc) is 3.19. The minimum Gasteiger partial charge on any atom is -0.353 e. The first-order chi connectivity index (χ1) is 27.1. The van der Waals surface area contributed by atoms with Crippen LogP contribution < -0.4 is 0 Å². The number of hydrogen-bond donors (Lipinski definition) is 0. The number of rotatable bonds is 46. The van der Waals surface area contributed by atoms with Gasteiger partial charge in [0, 0.05) is 39.3 Å². The van der Waals surface area contributed by atoms with Crippen LogP contribution in [0, 0.1) is 0 Å². The highest BCUT2D eigenvalue weighted by atomic mass is 16.8. The Balaban J connectivity index is 5.60. The molecule has 2 unspecified atom stereocenters. The molecule has 0 saturated carbocycles. The summed E-state index contributed by atoms with van der Waals surface area (Å²) in [6.45, 7) is 17.8. The molecule has 0 aromatic carbocycles. The lowest BCUT2D eigenvalue weighted by atomic mass is 10.1. The first kappa shape index (κ1) is 54.2. The van der Waals surface area contributed by atoms with Crippen LogP contribution in [0.1, 0.15) is 221 Å². The van der Waals surface area contributed by atoms with Crippen LogP contribution in [-0.2, 0) is 33.2 Å². The SMILES string of the molecule is CCCCCCCCOC(C=CCCC(OCCCCC)OCCCCC)OC(C=CCCC(OCCCCC)OCCCCC)OCCCCCCCC. The van der Waals surface area contributed by atoms with Crippen LogP contribution in [0.2, 0.25) is 0 Å². The smallest absolute Gasteiger partial charge is 0.180 e. The lowest BCUT2D eigenvalue weighted by Crippen LogP contribution is -2.25. The van der Waals surface area contributed by atoms with Crippen molar-refractivity contribution in [1.82, 2.24) is 0 Å². The van der Waals surface area contributed by atoms with Crippen LogP contribution in [0.25, 0.3) is 0 Å². The highest BCUT2D eigenvalue weighted by Crippen LogP contribution is 2.15. The average molecular weight is 783 g/mol. The third-order valence-corrected chi connectivity index (χ3v) is 9.76. The quantitative estimate of drug-likeness (QED) is 0.0346. The Morgan fingerprint density at radius 1 is 0.309 bits per heavy atom. The largest absolute Gasteiger partial charge is 0.353 e. The minimum absolute atomic E-state index is 0.173. The van der Waals surface area contributed by atoms with E-state index in [9.17, 15) is 0 Å². The first-order valence-electron chi connectivity index (χ1n) is 23.8. The van der Waals surface area contributed by atoms with Crippen molar-refractivity contribution in [2.75, 3.05) is 39.6 Å². The van der Waals surface area contributed by atoms with Gasteiger partial charge >= 0.3 is 0 Å². The monoisotopic (exact) mass is 783 g/mol. The molecule has 0 aliphatic rings. The van der Waals surface area contributed by atoms with E-state index in [-0.39, 0.29) is 12.6 Å². The minimum atomic E-state index is -0.485. The number of hydrogen-bond acceptors (Lipinski definition) is 7. The third kappa shape index (κ3) is 39.8. The zero-order valence-corrected chi connectivity index (χ0v) is 37.5. The van der Waals surface area contributed by atoms with Gasteiger partial charge in [-0.2, -0.15) is 0 Å². The van der Waals surface area contributed by atoms with E-state index in [1.54, 1.807) is 0 Å². The van der Waals surface area contributed by atoms with Crippen LogP contribution in [0.5, 0.6) is 0 Å². The first-order valence-corrected chi connectivity index (χ1v) is 23.8. The summed E-state index contributed by atoms with van der Waals surface area (Å²) >= 11 is 0. The maximum Gasteiger partial charge on any atom is 0.180 e. The van der Waals surface area contributed by atoms with Gasteiger partial charge in [-0.1, -0.05) is 169 Å². The molecule has 328 valence electrons. The van der Waals surface area contributed by atoms with Crippen molar-refractivity contribution in [3.63, 3.8) is 0 Å². The van der Waals surface area contributed by atoms with Crippen molar-refractivity contribution in [3.8, 4) is 0 Å². The predicted octanol–water partition coefficient (Wildman–Crippen LogP) is 14.6. The molecule has 7 nitrogen and oxygen atoms in total. The van der Waals surface area contributed by atoms with Gasteiger partial charge in [0.15, 0.2) is 25.2 Å². The fourth-order valence-corrected chi connectivity index (χ4v) is 6.15. The van der Waals surface area contributed by atoms with Crippen LogP contribution >= 0.6 is 0 Å². The van der Waals surface area contributed by atoms with Crippen molar-refractivity contribution in [1.29, 1.82) is 0 Å². The summed E-state index contributed by atoms with van der Waals surface area (Å²) in [6.07, 6.45) is 39.0. The lowest BCUT2D eigenvalue weighted by Gasteiger charge is -2.22. The van der Waals surface area contributed by atoms with E-state index < -0.39 is 12.6 Å². The Hall–Kier alpha value is -0.800. The van der Waals surface area contributed by atoms with Crippen molar-refractivity contribution < 1.29 is 33.2 Å². The second-order valence-corrected chi connectivity index (χ2v) is 15.3. The zero-order valence-electron chi connectivity index (χ0n) is 37.5. The van der Waals surface area contributed by atoms with E-state index in [1.165, 1.54) is 116 Å². The summed E-state index contributed by atoms with van der Waals surface area (Å²) in [6, 6.07) is 0. The fourth-order valence-electron chi connectivity index (χ4n) is 6.15. The second kappa shape index (κ2) is 45.9. The fraction of sp³-hybridized carbons (Fsp3) is 0.917. The highest BCUT2D eigenvalue weighted by molar-refractivity contribution is 4.90. The Morgan fingerprint density at radius 2 is 0.564 bits per heavy atom. The van der Waals surface area contributed by atoms with Gasteiger partial charge in [-0.05, 0) is 63.5 Å². The molecule has 0 spiro atoms. The van der Waals surface area contributed by atoms with Gasteiger partial charge in [-0.3, -0.25) is 0 Å². The van der Waals surface area contributed by atoms with E-state index >= 15 is 0 Å². The molecule has 0 aromatic heterocycles. The van der Waals surface area contributed by atoms with E-state index in [0.717, 1.165) is 90.6 Å². The normalized spacial score (nSPS) is 13.4. The number of unbranched alkanes of at least 4 members (excludes halogenated alkanes) is 18. The standard InChI is InChI=1S/C48H94O7/c1-7-13-19-21-23-33-43-53-47(37-27-25-35-45(49-39-29-15-9-3)50-40-30-16-10-4)55-48(54-44-34-24-22-20-14-8-2)38-28-26-36-46(51-41-31-17-11-5)52-42-32-18-12-6/h27-28,37-38,45-48H,7-26,29-36,39-44H2,1-6H3. The molecule has 0 amide bonds. The van der Waals surface area contributed by atoms with Gasteiger partial charge in [-0.25, -0.2) is 0 Å². The van der Waals surface area contributed by atoms with Gasteiger partial charge in [0.1, 0.15) is 0 Å². The van der Waals surface area contributed by atoms with E-state index in [0.29, 0.717) is 13.2 Å². The molecular formula is C48H94O7. The lowest BCUT2D eigenvalue weighted by molar-refractivity contribution is -0.208. The van der Waals surface area contributed by atoms with Crippen molar-refractivity contribution in [3.05, 3.63) is 24.3 Å². The Kier molecular flexibility index (Phi) is 45.2. The highest BCUT2D eigenvalue weighted by Gasteiger charge is 2.15. The molecule has 0 saturated heterocycles. The maximum absolute atomic E-state index is 6.58. The molecular weight excluding hydrogens is 689 g/mol. The van der Waals surface area contributed by atoms with E-state index in [4.69, 9.17) is 33.2 Å². The predicted molar refractivity (Wildman–Crippen MR) is 234 cm³/mol. The summed E-state index contributed by atoms with van der Waals surface area (Å²) in [5, 5.41) is 0. The molecule has 2 atom stereocenters. The topological polar surface area (TPSA) is 64.6 Å². The van der Waals surface area contributed by atoms with Gasteiger partial charge in [-0.15, -0.1) is 0 Å². The molecule has 0 aromatic rings. The molecule has 0 fully saturated rings. The number of ether oxygens (including phenoxy) is 7. The van der Waals surface area contributed by atoms with Crippen LogP contribution in [-0.4, -0.2) is 64.8 Å². The molecule has 0 heterocycles. The zero-order chi connectivity index (χ0) is 40.1. The Labute approximate surface area is 342 Å². The Morgan fingerprint density at radius 3 is 0.891 bits per heavy atom. The van der Waals surface area contributed by atoms with E-state index in [2.05, 4.69) is 65.8 Å². The van der Waals surface area contributed by atoms with Crippen LogP contribution in [0.4, 0.5) is 0 Å².